The number of nitrogens with zero attached hydrogens (tertiary/aromatic N) is 2. The van der Waals surface area contributed by atoms with Crippen LogP contribution in [0.15, 0.2) is 28.8 Å². The first-order valence-corrected chi connectivity index (χ1v) is 4.67. The summed E-state index contributed by atoms with van der Waals surface area (Å²) >= 11 is 5.41. The minimum atomic E-state index is -4.74. The molecular weight excluding hydrogens is 261 g/mol. The fourth-order valence-electron chi connectivity index (χ4n) is 1.15. The van der Waals surface area contributed by atoms with Gasteiger partial charge in [0.15, 0.2) is 0 Å². The van der Waals surface area contributed by atoms with Crippen molar-refractivity contribution < 1.29 is 22.4 Å². The first-order valence-electron chi connectivity index (χ1n) is 4.29. The number of benzene rings is 1. The predicted octanol–water partition coefficient (Wildman–Crippen LogP) is 3.29. The molecule has 1 aromatic heterocycles. The minimum absolute atomic E-state index is 0.0858. The maximum atomic E-state index is 12.0. The van der Waals surface area contributed by atoms with Crippen LogP contribution in [0.5, 0.6) is 5.75 Å². The van der Waals surface area contributed by atoms with Crippen LogP contribution < -0.4 is 4.74 Å². The smallest absolute Gasteiger partial charge is 0.406 e. The maximum Gasteiger partial charge on any atom is 0.573 e. The van der Waals surface area contributed by atoms with Gasteiger partial charge in [0.1, 0.15) is 5.75 Å². The van der Waals surface area contributed by atoms with Gasteiger partial charge in [0.05, 0.1) is 0 Å². The van der Waals surface area contributed by atoms with Gasteiger partial charge < -0.3 is 9.26 Å². The molecule has 0 atom stereocenters. The number of aromatic nitrogens is 2. The van der Waals surface area contributed by atoms with Gasteiger partial charge in [-0.05, 0) is 23.7 Å². The van der Waals surface area contributed by atoms with Crippen LogP contribution in [-0.2, 0) is 0 Å². The summed E-state index contributed by atoms with van der Waals surface area (Å²) in [6.07, 6.45) is -4.74. The number of ether oxygens (including phenoxy) is 1. The topological polar surface area (TPSA) is 48.2 Å². The van der Waals surface area contributed by atoms with Crippen molar-refractivity contribution in [3.63, 3.8) is 0 Å². The number of rotatable bonds is 2. The van der Waals surface area contributed by atoms with E-state index in [9.17, 15) is 13.2 Å². The van der Waals surface area contributed by atoms with E-state index in [1.165, 1.54) is 18.2 Å². The second kappa shape index (κ2) is 4.25. The van der Waals surface area contributed by atoms with Gasteiger partial charge in [-0.25, -0.2) is 0 Å². The van der Waals surface area contributed by atoms with Gasteiger partial charge in [0, 0.05) is 5.56 Å². The van der Waals surface area contributed by atoms with Crippen LogP contribution in [0.1, 0.15) is 0 Å². The van der Waals surface area contributed by atoms with Crippen molar-refractivity contribution in [1.82, 2.24) is 10.1 Å². The molecule has 1 heterocycles. The number of alkyl halides is 3. The Balaban J connectivity index is 2.29. The summed E-state index contributed by atoms with van der Waals surface area (Å²) in [5.74, 6) is -0.279. The number of hydrogen-bond acceptors (Lipinski definition) is 4. The molecule has 1 aromatic carbocycles. The van der Waals surface area contributed by atoms with E-state index in [0.29, 0.717) is 5.56 Å². The van der Waals surface area contributed by atoms with Crippen molar-refractivity contribution in [1.29, 1.82) is 0 Å². The summed E-state index contributed by atoms with van der Waals surface area (Å²) < 4.78 is 44.2. The van der Waals surface area contributed by atoms with Crippen molar-refractivity contribution >= 4 is 11.6 Å². The summed E-state index contributed by atoms with van der Waals surface area (Å²) in [6.45, 7) is 0. The lowest BCUT2D eigenvalue weighted by Gasteiger charge is -2.08. The lowest BCUT2D eigenvalue weighted by Crippen LogP contribution is -2.17. The Bertz CT molecular complexity index is 527. The Labute approximate surface area is 98.0 Å². The van der Waals surface area contributed by atoms with Crippen molar-refractivity contribution in [3.8, 4) is 17.1 Å². The molecule has 0 radical (unpaired) electrons. The summed E-state index contributed by atoms with van der Waals surface area (Å²) in [6, 6.07) is 5.18. The molecule has 0 bridgehead atoms. The van der Waals surface area contributed by atoms with Crippen LogP contribution in [-0.4, -0.2) is 16.5 Å². The van der Waals surface area contributed by atoms with Crippen LogP contribution in [0.25, 0.3) is 11.4 Å². The Hall–Kier alpha value is -1.76. The molecule has 0 saturated heterocycles. The average molecular weight is 265 g/mol. The molecule has 17 heavy (non-hydrogen) atoms. The van der Waals surface area contributed by atoms with Crippen molar-refractivity contribution in [2.24, 2.45) is 0 Å². The standard InChI is InChI=1S/C9H4ClF3N2O2/c10-8-14-7(15-17-8)5-2-1-3-6(4-5)16-9(11,12)13/h1-4H. The molecule has 0 aliphatic heterocycles. The Kier molecular flexibility index (Phi) is 2.93. The Morgan fingerprint density at radius 1 is 1.29 bits per heavy atom. The lowest BCUT2D eigenvalue weighted by atomic mass is 10.2. The van der Waals surface area contributed by atoms with E-state index in [0.717, 1.165) is 6.07 Å². The number of hydrogen-bond donors (Lipinski definition) is 0. The SMILES string of the molecule is FC(F)(F)Oc1cccc(-c2noc(Cl)n2)c1. The molecule has 8 heteroatoms. The van der Waals surface area contributed by atoms with Crippen molar-refractivity contribution in [3.05, 3.63) is 29.6 Å². The van der Waals surface area contributed by atoms with Gasteiger partial charge in [0.25, 0.3) is 0 Å². The Morgan fingerprint density at radius 3 is 2.65 bits per heavy atom. The summed E-state index contributed by atoms with van der Waals surface area (Å²) in [4.78, 5) is 3.67. The molecule has 0 aliphatic rings. The first-order chi connectivity index (χ1) is 7.94. The zero-order valence-corrected chi connectivity index (χ0v) is 8.79. The van der Waals surface area contributed by atoms with Crippen molar-refractivity contribution in [2.45, 2.75) is 6.36 Å². The fourth-order valence-corrected chi connectivity index (χ4v) is 1.27. The largest absolute Gasteiger partial charge is 0.573 e. The fraction of sp³-hybridized carbons (Fsp3) is 0.111. The molecule has 90 valence electrons. The monoisotopic (exact) mass is 264 g/mol. The highest BCUT2D eigenvalue weighted by Crippen LogP contribution is 2.26. The van der Waals surface area contributed by atoms with Gasteiger partial charge in [-0.2, -0.15) is 4.98 Å². The van der Waals surface area contributed by atoms with E-state index in [1.807, 2.05) is 0 Å². The second-order valence-corrected chi connectivity index (χ2v) is 3.27. The molecule has 0 amide bonds. The third-order valence-electron chi connectivity index (χ3n) is 1.73. The molecule has 0 aliphatic carbocycles. The third-order valence-corrected chi connectivity index (χ3v) is 1.88. The highest BCUT2D eigenvalue weighted by Gasteiger charge is 2.31. The first kappa shape index (κ1) is 11.7. The lowest BCUT2D eigenvalue weighted by molar-refractivity contribution is -0.274. The van der Waals surface area contributed by atoms with Gasteiger partial charge in [0.2, 0.25) is 5.82 Å². The zero-order valence-electron chi connectivity index (χ0n) is 8.03. The molecule has 0 unspecified atom stereocenters. The second-order valence-electron chi connectivity index (χ2n) is 2.95. The van der Waals surface area contributed by atoms with E-state index >= 15 is 0 Å². The molecule has 2 aromatic rings. The highest BCUT2D eigenvalue weighted by molar-refractivity contribution is 6.27. The van der Waals surface area contributed by atoms with Crippen LogP contribution in [0.2, 0.25) is 5.35 Å². The zero-order chi connectivity index (χ0) is 12.5. The van der Waals surface area contributed by atoms with Crippen LogP contribution in [0.4, 0.5) is 13.2 Å². The molecule has 2 rings (SSSR count). The maximum absolute atomic E-state index is 12.0. The summed E-state index contributed by atoms with van der Waals surface area (Å²) in [5, 5.41) is 3.28. The van der Waals surface area contributed by atoms with Gasteiger partial charge in [-0.15, -0.1) is 13.2 Å². The quantitative estimate of drug-likeness (QED) is 0.835. The van der Waals surface area contributed by atoms with Gasteiger partial charge in [-0.3, -0.25) is 0 Å². The van der Waals surface area contributed by atoms with Crippen LogP contribution >= 0.6 is 11.6 Å². The highest BCUT2D eigenvalue weighted by atomic mass is 35.5. The summed E-state index contributed by atoms with van der Waals surface area (Å²) in [5.41, 5.74) is 0.308. The normalized spacial score (nSPS) is 11.5. The molecule has 0 fully saturated rings. The van der Waals surface area contributed by atoms with Gasteiger partial charge in [-0.1, -0.05) is 17.3 Å². The van der Waals surface area contributed by atoms with E-state index in [4.69, 9.17) is 11.6 Å². The van der Waals surface area contributed by atoms with E-state index in [1.54, 1.807) is 0 Å². The summed E-state index contributed by atoms with van der Waals surface area (Å²) in [7, 11) is 0. The predicted molar refractivity (Wildman–Crippen MR) is 51.4 cm³/mol. The van der Waals surface area contributed by atoms with E-state index < -0.39 is 6.36 Å². The van der Waals surface area contributed by atoms with E-state index in [2.05, 4.69) is 19.4 Å². The molecular formula is C9H4ClF3N2O2. The third kappa shape index (κ3) is 3.10. The van der Waals surface area contributed by atoms with Gasteiger partial charge >= 0.3 is 11.7 Å². The average Bonchev–Trinajstić information content (AvgIpc) is 2.63. The Morgan fingerprint density at radius 2 is 2.06 bits per heavy atom. The van der Waals surface area contributed by atoms with E-state index in [-0.39, 0.29) is 16.9 Å². The van der Waals surface area contributed by atoms with Crippen LogP contribution in [0, 0.1) is 0 Å². The number of halogens is 4. The molecule has 4 nitrogen and oxygen atoms in total. The minimum Gasteiger partial charge on any atom is -0.406 e. The molecule has 0 N–H and O–H groups in total. The van der Waals surface area contributed by atoms with Crippen LogP contribution in [0.3, 0.4) is 0 Å². The van der Waals surface area contributed by atoms with Crippen molar-refractivity contribution in [2.75, 3.05) is 0 Å². The molecule has 0 saturated carbocycles. The molecule has 0 spiro atoms.